The first-order valence-electron chi connectivity index (χ1n) is 9.39. The average Bonchev–Trinajstić information content (AvgIpc) is 2.90. The van der Waals surface area contributed by atoms with Crippen LogP contribution in [0.4, 0.5) is 0 Å². The van der Waals surface area contributed by atoms with Gasteiger partial charge < -0.3 is 0 Å². The zero-order valence-corrected chi connectivity index (χ0v) is 16.0. The predicted octanol–water partition coefficient (Wildman–Crippen LogP) is 3.55. The van der Waals surface area contributed by atoms with Crippen molar-refractivity contribution in [3.05, 3.63) is 120 Å². The molecule has 0 aliphatic carbocycles. The maximum absolute atomic E-state index is 2.39. The highest BCUT2D eigenvalue weighted by Crippen LogP contribution is 2.19. The monoisotopic (exact) mass is 360 g/mol. The molecule has 4 aromatic carbocycles. The lowest BCUT2D eigenvalue weighted by Crippen LogP contribution is -2.75. The number of hydrogen-bond donors (Lipinski definition) is 0. The summed E-state index contributed by atoms with van der Waals surface area (Å²) in [6, 6.07) is 40.1. The molecule has 0 atom stereocenters. The van der Waals surface area contributed by atoms with E-state index in [9.17, 15) is 0 Å². The van der Waals surface area contributed by atoms with Crippen LogP contribution in [0.25, 0.3) is 12.2 Å². The Morgan fingerprint density at radius 3 is 1.19 bits per heavy atom. The van der Waals surface area contributed by atoms with Crippen molar-refractivity contribution in [2.75, 3.05) is 0 Å². The van der Waals surface area contributed by atoms with Crippen LogP contribution in [0.5, 0.6) is 0 Å². The second-order valence-electron chi connectivity index (χ2n) is 6.99. The highest BCUT2D eigenvalue weighted by molar-refractivity contribution is 7.20. The normalized spacial score (nSPS) is 14.1. The summed E-state index contributed by atoms with van der Waals surface area (Å²) in [6.07, 6.45) is 4.57. The molecule has 0 N–H and O–H groups in total. The molecule has 4 aromatic rings. The topological polar surface area (TPSA) is 0 Å². The fourth-order valence-electron chi connectivity index (χ4n) is 4.46. The van der Waals surface area contributed by atoms with E-state index in [1.54, 1.807) is 0 Å². The van der Waals surface area contributed by atoms with Crippen molar-refractivity contribution < 1.29 is 0 Å². The molecule has 1 heteroatoms. The first kappa shape index (κ1) is 16.0. The molecule has 0 aromatic heterocycles. The average molecular weight is 361 g/mol. The molecular formula is C26H20Si. The minimum Gasteiger partial charge on any atom is -0.0623 e. The van der Waals surface area contributed by atoms with Crippen LogP contribution in [-0.2, 0) is 0 Å². The van der Waals surface area contributed by atoms with E-state index in [-0.39, 0.29) is 0 Å². The quantitative estimate of drug-likeness (QED) is 0.422. The van der Waals surface area contributed by atoms with E-state index in [0.29, 0.717) is 0 Å². The molecule has 0 saturated carbocycles. The Morgan fingerprint density at radius 2 is 0.741 bits per heavy atom. The van der Waals surface area contributed by atoms with Gasteiger partial charge in [-0.3, -0.25) is 0 Å². The smallest absolute Gasteiger partial charge is 0.0623 e. The third-order valence-corrected chi connectivity index (χ3v) is 10.5. The number of fused-ring (bicyclic) bond motifs is 2. The first-order valence-corrected chi connectivity index (χ1v) is 11.4. The van der Waals surface area contributed by atoms with Gasteiger partial charge in [-0.05, 0) is 31.9 Å². The predicted molar refractivity (Wildman–Crippen MR) is 119 cm³/mol. The maximum Gasteiger partial charge on any atom is 0.180 e. The van der Waals surface area contributed by atoms with Gasteiger partial charge in [-0.15, -0.1) is 0 Å². The lowest BCUT2D eigenvalue weighted by Gasteiger charge is -2.35. The molecule has 0 unspecified atom stereocenters. The third kappa shape index (κ3) is 2.43. The van der Waals surface area contributed by atoms with Crippen molar-refractivity contribution in [2.45, 2.75) is 0 Å². The molecule has 1 aliphatic heterocycles. The van der Waals surface area contributed by atoms with Gasteiger partial charge in [-0.2, -0.15) is 0 Å². The van der Waals surface area contributed by atoms with Crippen molar-refractivity contribution in [1.29, 1.82) is 0 Å². The van der Waals surface area contributed by atoms with Crippen molar-refractivity contribution in [3.63, 3.8) is 0 Å². The van der Waals surface area contributed by atoms with E-state index >= 15 is 0 Å². The molecule has 0 radical (unpaired) electrons. The van der Waals surface area contributed by atoms with Gasteiger partial charge in [0.1, 0.15) is 0 Å². The SMILES string of the molecule is C1=Cc2ccccc2[Si](c2ccccc2)(c2ccccc2)c2ccccc21. The molecule has 0 nitrogen and oxygen atoms in total. The summed E-state index contributed by atoms with van der Waals surface area (Å²) in [5.41, 5.74) is 2.65. The molecule has 0 amide bonds. The zero-order valence-electron chi connectivity index (χ0n) is 15.0. The van der Waals surface area contributed by atoms with Gasteiger partial charge in [0.15, 0.2) is 8.07 Å². The summed E-state index contributed by atoms with van der Waals surface area (Å²) in [4.78, 5) is 0. The Hall–Kier alpha value is -3.16. The summed E-state index contributed by atoms with van der Waals surface area (Å²) in [5, 5.41) is 5.78. The summed E-state index contributed by atoms with van der Waals surface area (Å²) >= 11 is 0. The van der Waals surface area contributed by atoms with Crippen LogP contribution in [-0.4, -0.2) is 8.07 Å². The van der Waals surface area contributed by atoms with Crippen LogP contribution in [0.15, 0.2) is 109 Å². The Balaban J connectivity index is 2.00. The van der Waals surface area contributed by atoms with Gasteiger partial charge >= 0.3 is 0 Å². The van der Waals surface area contributed by atoms with Crippen LogP contribution in [0.1, 0.15) is 11.1 Å². The van der Waals surface area contributed by atoms with Crippen molar-refractivity contribution in [1.82, 2.24) is 0 Å². The Labute approximate surface area is 161 Å². The number of hydrogen-bond acceptors (Lipinski definition) is 0. The molecule has 0 bridgehead atoms. The molecule has 27 heavy (non-hydrogen) atoms. The highest BCUT2D eigenvalue weighted by Gasteiger charge is 2.44. The van der Waals surface area contributed by atoms with Crippen LogP contribution in [0.3, 0.4) is 0 Å². The minimum absolute atomic E-state index is 1.33. The zero-order chi connectivity index (χ0) is 18.1. The highest BCUT2D eigenvalue weighted by atomic mass is 28.3. The van der Waals surface area contributed by atoms with Gasteiger partial charge in [0, 0.05) is 0 Å². The molecule has 1 heterocycles. The van der Waals surface area contributed by atoms with Gasteiger partial charge in [0.05, 0.1) is 0 Å². The van der Waals surface area contributed by atoms with Crippen LogP contribution >= 0.6 is 0 Å². The molecule has 0 saturated heterocycles. The fourth-order valence-corrected chi connectivity index (χ4v) is 9.60. The fraction of sp³-hybridized carbons (Fsp3) is 0. The summed E-state index contributed by atoms with van der Waals surface area (Å²) < 4.78 is 0. The number of benzene rings is 4. The van der Waals surface area contributed by atoms with E-state index < -0.39 is 8.07 Å². The van der Waals surface area contributed by atoms with E-state index in [2.05, 4.69) is 121 Å². The van der Waals surface area contributed by atoms with E-state index in [1.165, 1.54) is 31.9 Å². The maximum atomic E-state index is 2.34. The molecule has 1 aliphatic rings. The second kappa shape index (κ2) is 6.53. The molecule has 0 spiro atoms. The molecule has 5 rings (SSSR count). The summed E-state index contributed by atoms with van der Waals surface area (Å²) in [7, 11) is -2.39. The van der Waals surface area contributed by atoms with Gasteiger partial charge in [-0.25, -0.2) is 0 Å². The van der Waals surface area contributed by atoms with Gasteiger partial charge in [-0.1, -0.05) is 121 Å². The number of rotatable bonds is 2. The summed E-state index contributed by atoms with van der Waals surface area (Å²) in [5.74, 6) is 0. The molecule has 0 fully saturated rings. The Morgan fingerprint density at radius 1 is 0.370 bits per heavy atom. The largest absolute Gasteiger partial charge is 0.180 e. The van der Waals surface area contributed by atoms with Crippen molar-refractivity contribution in [2.24, 2.45) is 0 Å². The van der Waals surface area contributed by atoms with Crippen molar-refractivity contribution >= 4 is 41.0 Å². The van der Waals surface area contributed by atoms with E-state index in [4.69, 9.17) is 0 Å². The lowest BCUT2D eigenvalue weighted by molar-refractivity contribution is 1.65. The third-order valence-electron chi connectivity index (χ3n) is 5.59. The standard InChI is InChI=1S/C26H20Si/c1-3-13-23(14-4-1)27(24-15-5-2-6-16-24)25-17-9-7-11-21(25)19-20-22-12-8-10-18-26(22)27/h1-20H. The van der Waals surface area contributed by atoms with Crippen LogP contribution in [0.2, 0.25) is 0 Å². The van der Waals surface area contributed by atoms with E-state index in [0.717, 1.165) is 0 Å². The van der Waals surface area contributed by atoms with Crippen molar-refractivity contribution in [3.8, 4) is 0 Å². The summed E-state index contributed by atoms with van der Waals surface area (Å²) in [6.45, 7) is 0. The van der Waals surface area contributed by atoms with Gasteiger partial charge in [0.25, 0.3) is 0 Å². The Bertz CT molecular complexity index is 1020. The minimum atomic E-state index is -2.39. The van der Waals surface area contributed by atoms with Crippen LogP contribution in [0, 0.1) is 0 Å². The van der Waals surface area contributed by atoms with Gasteiger partial charge in [0.2, 0.25) is 0 Å². The first-order chi connectivity index (χ1) is 13.4. The molecular weight excluding hydrogens is 340 g/mol. The Kier molecular flexibility index (Phi) is 3.88. The van der Waals surface area contributed by atoms with E-state index in [1.807, 2.05) is 0 Å². The lowest BCUT2D eigenvalue weighted by atomic mass is 10.1. The molecule has 128 valence electrons. The van der Waals surface area contributed by atoms with Crippen LogP contribution < -0.4 is 20.7 Å². The second-order valence-corrected chi connectivity index (χ2v) is 10.7.